The van der Waals surface area contributed by atoms with E-state index >= 15 is 0 Å². The molecule has 142 valence electrons. The third-order valence-electron chi connectivity index (χ3n) is 5.52. The summed E-state index contributed by atoms with van der Waals surface area (Å²) >= 11 is 12.2. The molecule has 0 aliphatic carbocycles. The summed E-state index contributed by atoms with van der Waals surface area (Å²) in [5.41, 5.74) is 0.728. The van der Waals surface area contributed by atoms with Gasteiger partial charge in [0.25, 0.3) is 5.91 Å². The molecule has 8 heteroatoms. The molecule has 4 rings (SSSR count). The molecule has 2 saturated heterocycles. The Kier molecular flexibility index (Phi) is 4.54. The van der Waals surface area contributed by atoms with Crippen molar-refractivity contribution in [3.05, 3.63) is 63.6 Å². The van der Waals surface area contributed by atoms with Gasteiger partial charge in [-0.2, -0.15) is 5.26 Å². The molecule has 0 radical (unpaired) electrons. The second-order valence-corrected chi connectivity index (χ2v) is 7.82. The number of anilines is 1. The number of hydrogen-bond donors (Lipinski definition) is 1. The van der Waals surface area contributed by atoms with E-state index in [4.69, 9.17) is 28.5 Å². The second kappa shape index (κ2) is 6.78. The normalized spacial score (nSPS) is 24.3. The fraction of sp³-hybridized carbons (Fsp3) is 0.250. The van der Waals surface area contributed by atoms with Crippen LogP contribution in [0, 0.1) is 11.3 Å². The number of hydrogen-bond acceptors (Lipinski definition) is 4. The molecule has 0 unspecified atom stereocenters. The van der Waals surface area contributed by atoms with Crippen LogP contribution in [0.25, 0.3) is 0 Å². The van der Waals surface area contributed by atoms with Crippen LogP contribution in [0.15, 0.2) is 42.5 Å². The van der Waals surface area contributed by atoms with Crippen molar-refractivity contribution in [1.82, 2.24) is 10.2 Å². The minimum Gasteiger partial charge on any atom is -0.313 e. The van der Waals surface area contributed by atoms with E-state index in [0.29, 0.717) is 34.4 Å². The number of imide groups is 1. The lowest BCUT2D eigenvalue weighted by Gasteiger charge is -2.33. The SMILES string of the molecule is CN1C(=O)N(c2cc(Cl)cc(Cl)c2)C(=O)[C@@]12CNC[C@@H]2c1ccc(C#N)cc1. The van der Waals surface area contributed by atoms with Gasteiger partial charge in [-0.05, 0) is 35.9 Å². The van der Waals surface area contributed by atoms with Crippen molar-refractivity contribution in [1.29, 1.82) is 5.26 Å². The molecule has 3 amide bonds. The van der Waals surface area contributed by atoms with E-state index in [-0.39, 0.29) is 11.8 Å². The zero-order valence-electron chi connectivity index (χ0n) is 14.9. The standard InChI is InChI=1S/C20H16Cl2N4O2/c1-25-19(28)26(16-7-14(21)6-15(22)8-16)18(27)20(25)11-24-10-17(20)13-4-2-12(9-23)3-5-13/h2-8,17,24H,10-11H2,1H3/t17-,20+/m1/s1. The molecule has 28 heavy (non-hydrogen) atoms. The maximum atomic E-state index is 13.6. The molecule has 1 N–H and O–H groups in total. The maximum Gasteiger partial charge on any atom is 0.332 e. The van der Waals surface area contributed by atoms with Crippen molar-refractivity contribution in [3.63, 3.8) is 0 Å². The Bertz CT molecular complexity index is 998. The smallest absolute Gasteiger partial charge is 0.313 e. The van der Waals surface area contributed by atoms with E-state index in [1.165, 1.54) is 4.90 Å². The maximum absolute atomic E-state index is 13.6. The third kappa shape index (κ3) is 2.67. The molecule has 2 aromatic carbocycles. The Morgan fingerprint density at radius 2 is 1.79 bits per heavy atom. The molecule has 2 aliphatic heterocycles. The van der Waals surface area contributed by atoms with Crippen LogP contribution in [-0.4, -0.2) is 42.5 Å². The van der Waals surface area contributed by atoms with Crippen LogP contribution in [-0.2, 0) is 4.79 Å². The highest BCUT2D eigenvalue weighted by Crippen LogP contribution is 2.44. The lowest BCUT2D eigenvalue weighted by Crippen LogP contribution is -2.53. The first-order valence-electron chi connectivity index (χ1n) is 8.67. The number of carbonyl (C=O) groups excluding carboxylic acids is 2. The lowest BCUT2D eigenvalue weighted by molar-refractivity contribution is -0.124. The number of rotatable bonds is 2. The highest BCUT2D eigenvalue weighted by Gasteiger charge is 2.62. The number of halogens is 2. The molecule has 2 heterocycles. The van der Waals surface area contributed by atoms with Gasteiger partial charge in [-0.3, -0.25) is 4.79 Å². The van der Waals surface area contributed by atoms with E-state index < -0.39 is 11.6 Å². The average molecular weight is 415 g/mol. The molecule has 2 atom stereocenters. The van der Waals surface area contributed by atoms with E-state index in [9.17, 15) is 9.59 Å². The fourth-order valence-electron chi connectivity index (χ4n) is 4.10. The van der Waals surface area contributed by atoms with Crippen molar-refractivity contribution in [2.45, 2.75) is 11.5 Å². The molecular formula is C20H16Cl2N4O2. The quantitative estimate of drug-likeness (QED) is 0.763. The van der Waals surface area contributed by atoms with Crippen molar-refractivity contribution in [2.75, 3.05) is 25.0 Å². The largest absolute Gasteiger partial charge is 0.332 e. The van der Waals surface area contributed by atoms with Crippen LogP contribution in [0.3, 0.4) is 0 Å². The second-order valence-electron chi connectivity index (χ2n) is 6.95. The minimum absolute atomic E-state index is 0.249. The first-order valence-corrected chi connectivity index (χ1v) is 9.43. The molecule has 0 saturated carbocycles. The van der Waals surface area contributed by atoms with Gasteiger partial charge in [-0.15, -0.1) is 0 Å². The zero-order valence-corrected chi connectivity index (χ0v) is 16.5. The van der Waals surface area contributed by atoms with Gasteiger partial charge in [0.15, 0.2) is 0 Å². The molecular weight excluding hydrogens is 399 g/mol. The number of urea groups is 1. The first-order chi connectivity index (χ1) is 13.4. The van der Waals surface area contributed by atoms with Gasteiger partial charge in [-0.25, -0.2) is 9.69 Å². The highest BCUT2D eigenvalue weighted by molar-refractivity contribution is 6.35. The summed E-state index contributed by atoms with van der Waals surface area (Å²) in [5, 5.41) is 13.0. The summed E-state index contributed by atoms with van der Waals surface area (Å²) in [4.78, 5) is 29.2. The summed E-state index contributed by atoms with van der Waals surface area (Å²) in [7, 11) is 1.63. The van der Waals surface area contributed by atoms with E-state index in [2.05, 4.69) is 11.4 Å². The Balaban J connectivity index is 1.78. The monoisotopic (exact) mass is 414 g/mol. The number of likely N-dealkylation sites (N-methyl/N-ethyl adjacent to an activating group) is 1. The van der Waals surface area contributed by atoms with Crippen LogP contribution in [0.1, 0.15) is 17.0 Å². The molecule has 6 nitrogen and oxygen atoms in total. The summed E-state index contributed by atoms with van der Waals surface area (Å²) in [6, 6.07) is 13.4. The van der Waals surface area contributed by atoms with E-state index in [0.717, 1.165) is 10.5 Å². The molecule has 0 aromatic heterocycles. The van der Waals surface area contributed by atoms with Crippen molar-refractivity contribution in [3.8, 4) is 6.07 Å². The van der Waals surface area contributed by atoms with Crippen LogP contribution in [0.2, 0.25) is 10.0 Å². The van der Waals surface area contributed by atoms with Crippen LogP contribution in [0.5, 0.6) is 0 Å². The van der Waals surface area contributed by atoms with Gasteiger partial charge in [0.1, 0.15) is 5.54 Å². The Morgan fingerprint density at radius 3 is 2.39 bits per heavy atom. The first kappa shape index (κ1) is 18.8. The van der Waals surface area contributed by atoms with Crippen LogP contribution >= 0.6 is 23.2 Å². The fourth-order valence-corrected chi connectivity index (χ4v) is 4.61. The van der Waals surface area contributed by atoms with Crippen molar-refractivity contribution >= 4 is 40.8 Å². The molecule has 2 aliphatic rings. The number of carbonyl (C=O) groups is 2. The van der Waals surface area contributed by atoms with E-state index in [1.54, 1.807) is 37.4 Å². The zero-order chi connectivity index (χ0) is 20.1. The molecule has 2 aromatic rings. The number of amides is 3. The van der Waals surface area contributed by atoms with Gasteiger partial charge < -0.3 is 10.2 Å². The molecule has 0 bridgehead atoms. The van der Waals surface area contributed by atoms with E-state index in [1.807, 2.05) is 12.1 Å². The Morgan fingerprint density at radius 1 is 1.14 bits per heavy atom. The number of benzene rings is 2. The number of nitrogens with one attached hydrogen (secondary N) is 1. The number of nitrogens with zero attached hydrogens (tertiary/aromatic N) is 3. The van der Waals surface area contributed by atoms with Gasteiger partial charge >= 0.3 is 6.03 Å². The van der Waals surface area contributed by atoms with Gasteiger partial charge in [0.05, 0.1) is 17.3 Å². The predicted molar refractivity (Wildman–Crippen MR) is 107 cm³/mol. The summed E-state index contributed by atoms with van der Waals surface area (Å²) in [6.07, 6.45) is 0. The minimum atomic E-state index is -1.06. The van der Waals surface area contributed by atoms with Crippen molar-refractivity contribution in [2.24, 2.45) is 0 Å². The molecule has 2 fully saturated rings. The number of nitriles is 1. The predicted octanol–water partition coefficient (Wildman–Crippen LogP) is 3.39. The summed E-state index contributed by atoms with van der Waals surface area (Å²) in [5.74, 6) is -0.570. The summed E-state index contributed by atoms with van der Waals surface area (Å²) < 4.78 is 0. The lowest BCUT2D eigenvalue weighted by atomic mass is 9.80. The Hall–Kier alpha value is -2.59. The average Bonchev–Trinajstić information content (AvgIpc) is 3.19. The topological polar surface area (TPSA) is 76.4 Å². The third-order valence-corrected chi connectivity index (χ3v) is 5.95. The van der Waals surface area contributed by atoms with Crippen molar-refractivity contribution < 1.29 is 9.59 Å². The summed E-state index contributed by atoms with van der Waals surface area (Å²) in [6.45, 7) is 0.878. The highest BCUT2D eigenvalue weighted by atomic mass is 35.5. The van der Waals surface area contributed by atoms with Gasteiger partial charge in [0.2, 0.25) is 0 Å². The van der Waals surface area contributed by atoms with Gasteiger partial charge in [-0.1, -0.05) is 35.3 Å². The van der Waals surface area contributed by atoms with Gasteiger partial charge in [0, 0.05) is 36.1 Å². The van der Waals surface area contributed by atoms with Crippen LogP contribution in [0.4, 0.5) is 10.5 Å². The molecule has 1 spiro atoms. The van der Waals surface area contributed by atoms with Crippen LogP contribution < -0.4 is 10.2 Å². The Labute approximate surface area is 172 Å².